The van der Waals surface area contributed by atoms with Crippen molar-refractivity contribution in [2.75, 3.05) is 13.1 Å². The first-order valence-electron chi connectivity index (χ1n) is 6.91. The number of likely N-dealkylation sites (tertiary alicyclic amines) is 1. The first-order chi connectivity index (χ1) is 9.13. The smallest absolute Gasteiger partial charge is 0.227 e. The van der Waals surface area contributed by atoms with Gasteiger partial charge in [-0.15, -0.1) is 0 Å². The van der Waals surface area contributed by atoms with Gasteiger partial charge in [0.1, 0.15) is 0 Å². The van der Waals surface area contributed by atoms with Crippen LogP contribution >= 0.6 is 11.6 Å². The minimum absolute atomic E-state index is 0.212. The molecular formula is C15H19ClN2O. The SMILES string of the molecule is NC1CCC2CN(C(=O)Cc3ccc(Cl)cc3)CC12. The lowest BCUT2D eigenvalue weighted by molar-refractivity contribution is -0.129. The molecule has 1 saturated carbocycles. The van der Waals surface area contributed by atoms with Crippen molar-refractivity contribution in [3.8, 4) is 0 Å². The Morgan fingerprint density at radius 3 is 2.68 bits per heavy atom. The van der Waals surface area contributed by atoms with E-state index in [9.17, 15) is 4.79 Å². The summed E-state index contributed by atoms with van der Waals surface area (Å²) in [6.45, 7) is 1.74. The van der Waals surface area contributed by atoms with E-state index >= 15 is 0 Å². The molecule has 3 rings (SSSR count). The summed E-state index contributed by atoms with van der Waals surface area (Å²) >= 11 is 5.85. The van der Waals surface area contributed by atoms with Crippen molar-refractivity contribution in [2.45, 2.75) is 25.3 Å². The monoisotopic (exact) mass is 278 g/mol. The minimum Gasteiger partial charge on any atom is -0.342 e. The summed E-state index contributed by atoms with van der Waals surface area (Å²) in [7, 11) is 0. The number of amides is 1. The van der Waals surface area contributed by atoms with Crippen LogP contribution in [0.1, 0.15) is 18.4 Å². The quantitative estimate of drug-likeness (QED) is 0.900. The summed E-state index contributed by atoms with van der Waals surface area (Å²) in [4.78, 5) is 14.3. The van der Waals surface area contributed by atoms with Gasteiger partial charge in [0.25, 0.3) is 0 Å². The number of fused-ring (bicyclic) bond motifs is 1. The molecule has 0 radical (unpaired) electrons. The van der Waals surface area contributed by atoms with Gasteiger partial charge in [-0.1, -0.05) is 23.7 Å². The molecule has 2 N–H and O–H groups in total. The van der Waals surface area contributed by atoms with E-state index in [1.807, 2.05) is 29.2 Å². The highest BCUT2D eigenvalue weighted by Crippen LogP contribution is 2.37. The van der Waals surface area contributed by atoms with Crippen molar-refractivity contribution in [1.29, 1.82) is 0 Å². The number of halogens is 1. The van der Waals surface area contributed by atoms with Crippen molar-refractivity contribution in [2.24, 2.45) is 17.6 Å². The van der Waals surface area contributed by atoms with Crippen LogP contribution in [-0.2, 0) is 11.2 Å². The van der Waals surface area contributed by atoms with Gasteiger partial charge < -0.3 is 10.6 Å². The molecule has 1 saturated heterocycles. The second-order valence-corrected chi connectivity index (χ2v) is 6.20. The van der Waals surface area contributed by atoms with Crippen LogP contribution in [0.5, 0.6) is 0 Å². The fourth-order valence-electron chi connectivity index (χ4n) is 3.40. The Kier molecular flexibility index (Phi) is 3.50. The molecule has 4 heteroatoms. The molecule has 2 aliphatic rings. The number of nitrogens with two attached hydrogens (primary N) is 1. The largest absolute Gasteiger partial charge is 0.342 e. The van der Waals surface area contributed by atoms with E-state index in [1.165, 1.54) is 6.42 Å². The van der Waals surface area contributed by atoms with Gasteiger partial charge in [-0.25, -0.2) is 0 Å². The van der Waals surface area contributed by atoms with Gasteiger partial charge in [0, 0.05) is 24.2 Å². The summed E-state index contributed by atoms with van der Waals surface area (Å²) in [5, 5.41) is 0.706. The maximum absolute atomic E-state index is 12.3. The lowest BCUT2D eigenvalue weighted by Gasteiger charge is -2.18. The topological polar surface area (TPSA) is 46.3 Å². The van der Waals surface area contributed by atoms with E-state index in [0.717, 1.165) is 25.1 Å². The van der Waals surface area contributed by atoms with Gasteiger partial charge in [0.15, 0.2) is 0 Å². The van der Waals surface area contributed by atoms with Crippen LogP contribution in [0.4, 0.5) is 0 Å². The number of hydrogen-bond donors (Lipinski definition) is 1. The molecule has 3 unspecified atom stereocenters. The summed E-state index contributed by atoms with van der Waals surface area (Å²) in [5.74, 6) is 1.36. The number of hydrogen-bond acceptors (Lipinski definition) is 2. The molecule has 3 atom stereocenters. The predicted octanol–water partition coefficient (Wildman–Crippen LogP) is 2.08. The predicted molar refractivity (Wildman–Crippen MR) is 75.9 cm³/mol. The molecule has 1 heterocycles. The van der Waals surface area contributed by atoms with E-state index in [4.69, 9.17) is 17.3 Å². The Balaban J connectivity index is 1.61. The lowest BCUT2D eigenvalue weighted by atomic mass is 9.98. The number of carbonyl (C=O) groups is 1. The molecule has 19 heavy (non-hydrogen) atoms. The van der Waals surface area contributed by atoms with Crippen LogP contribution in [0.15, 0.2) is 24.3 Å². The fraction of sp³-hybridized carbons (Fsp3) is 0.533. The molecule has 1 amide bonds. The summed E-state index contributed by atoms with van der Waals surface area (Å²) in [6.07, 6.45) is 2.76. The molecule has 0 aromatic heterocycles. The molecule has 0 spiro atoms. The van der Waals surface area contributed by atoms with Crippen LogP contribution in [-0.4, -0.2) is 29.9 Å². The van der Waals surface area contributed by atoms with E-state index in [2.05, 4.69) is 0 Å². The zero-order valence-corrected chi connectivity index (χ0v) is 11.6. The number of nitrogens with zero attached hydrogens (tertiary/aromatic N) is 1. The highest BCUT2D eigenvalue weighted by atomic mass is 35.5. The molecule has 1 aromatic carbocycles. The van der Waals surface area contributed by atoms with Crippen molar-refractivity contribution in [3.63, 3.8) is 0 Å². The van der Waals surface area contributed by atoms with Crippen LogP contribution in [0.2, 0.25) is 5.02 Å². The Hall–Kier alpha value is -1.06. The third-order valence-electron chi connectivity index (χ3n) is 4.53. The molecule has 2 fully saturated rings. The minimum atomic E-state index is 0.212. The van der Waals surface area contributed by atoms with Gasteiger partial charge in [-0.2, -0.15) is 0 Å². The van der Waals surface area contributed by atoms with Gasteiger partial charge in [0.05, 0.1) is 6.42 Å². The molecule has 1 aromatic rings. The zero-order valence-electron chi connectivity index (χ0n) is 10.9. The maximum Gasteiger partial charge on any atom is 0.227 e. The summed E-state index contributed by atoms with van der Waals surface area (Å²) < 4.78 is 0. The average Bonchev–Trinajstić information content (AvgIpc) is 2.95. The average molecular weight is 279 g/mol. The van der Waals surface area contributed by atoms with Crippen molar-refractivity contribution in [1.82, 2.24) is 4.90 Å². The highest BCUT2D eigenvalue weighted by Gasteiger charge is 2.42. The maximum atomic E-state index is 12.3. The van der Waals surface area contributed by atoms with Crippen LogP contribution in [0.25, 0.3) is 0 Å². The van der Waals surface area contributed by atoms with E-state index < -0.39 is 0 Å². The van der Waals surface area contributed by atoms with Gasteiger partial charge >= 0.3 is 0 Å². The summed E-state index contributed by atoms with van der Waals surface area (Å²) in [6, 6.07) is 7.79. The Morgan fingerprint density at radius 2 is 2.00 bits per heavy atom. The number of benzene rings is 1. The summed E-state index contributed by atoms with van der Waals surface area (Å²) in [5.41, 5.74) is 7.12. The molecular weight excluding hydrogens is 260 g/mol. The normalized spacial score (nSPS) is 29.6. The van der Waals surface area contributed by atoms with Crippen molar-refractivity contribution < 1.29 is 4.79 Å². The molecule has 3 nitrogen and oxygen atoms in total. The third-order valence-corrected chi connectivity index (χ3v) is 4.79. The van der Waals surface area contributed by atoms with Crippen LogP contribution < -0.4 is 5.73 Å². The first kappa shape index (κ1) is 12.9. The van der Waals surface area contributed by atoms with Gasteiger partial charge in [-0.3, -0.25) is 4.79 Å². The van der Waals surface area contributed by atoms with Crippen LogP contribution in [0, 0.1) is 11.8 Å². The van der Waals surface area contributed by atoms with Crippen molar-refractivity contribution in [3.05, 3.63) is 34.9 Å². The third kappa shape index (κ3) is 2.63. The standard InChI is InChI=1S/C15H19ClN2O/c16-12-4-1-10(2-5-12)7-15(19)18-8-11-3-6-14(17)13(11)9-18/h1-2,4-5,11,13-14H,3,6-9,17H2. The molecule has 1 aliphatic carbocycles. The number of rotatable bonds is 2. The second kappa shape index (κ2) is 5.14. The Bertz CT molecular complexity index is 474. The van der Waals surface area contributed by atoms with Gasteiger partial charge in [0.2, 0.25) is 5.91 Å². The second-order valence-electron chi connectivity index (χ2n) is 5.77. The first-order valence-corrected chi connectivity index (χ1v) is 7.29. The zero-order chi connectivity index (χ0) is 13.4. The number of carbonyl (C=O) groups excluding carboxylic acids is 1. The van der Waals surface area contributed by atoms with Crippen molar-refractivity contribution >= 4 is 17.5 Å². The fourth-order valence-corrected chi connectivity index (χ4v) is 3.53. The Morgan fingerprint density at radius 1 is 1.26 bits per heavy atom. The van der Waals surface area contributed by atoms with Crippen LogP contribution in [0.3, 0.4) is 0 Å². The highest BCUT2D eigenvalue weighted by molar-refractivity contribution is 6.30. The molecule has 102 valence electrons. The Labute approximate surface area is 118 Å². The van der Waals surface area contributed by atoms with E-state index in [0.29, 0.717) is 29.3 Å². The van der Waals surface area contributed by atoms with Gasteiger partial charge in [-0.05, 0) is 42.4 Å². The molecule has 1 aliphatic heterocycles. The van der Waals surface area contributed by atoms with E-state index in [-0.39, 0.29) is 5.91 Å². The van der Waals surface area contributed by atoms with E-state index in [1.54, 1.807) is 0 Å². The lowest BCUT2D eigenvalue weighted by Crippen LogP contribution is -2.34. The molecule has 0 bridgehead atoms.